The van der Waals surface area contributed by atoms with Crippen molar-refractivity contribution in [3.05, 3.63) is 34.9 Å². The van der Waals surface area contributed by atoms with Crippen LogP contribution in [0.1, 0.15) is 42.9 Å². The van der Waals surface area contributed by atoms with E-state index >= 15 is 0 Å². The molecule has 0 atom stereocenters. The Balaban J connectivity index is 1.85. The highest BCUT2D eigenvalue weighted by atomic mass is 15.2. The first kappa shape index (κ1) is 15.5. The predicted molar refractivity (Wildman–Crippen MR) is 87.4 cm³/mol. The Kier molecular flexibility index (Phi) is 6.55. The van der Waals surface area contributed by atoms with E-state index in [4.69, 9.17) is 0 Å². The number of hydrogen-bond donors (Lipinski definition) is 1. The lowest BCUT2D eigenvalue weighted by Gasteiger charge is -2.27. The number of aryl methyl sites for hydroxylation is 2. The van der Waals surface area contributed by atoms with Crippen LogP contribution >= 0.6 is 0 Å². The average molecular weight is 274 g/mol. The van der Waals surface area contributed by atoms with Crippen LogP contribution in [0.5, 0.6) is 0 Å². The first-order valence-corrected chi connectivity index (χ1v) is 8.31. The minimum Gasteiger partial charge on any atom is -0.314 e. The Morgan fingerprint density at radius 2 is 1.90 bits per heavy atom. The quantitative estimate of drug-likeness (QED) is 0.768. The van der Waals surface area contributed by atoms with E-state index in [-0.39, 0.29) is 0 Å². The zero-order valence-corrected chi connectivity index (χ0v) is 13.3. The van der Waals surface area contributed by atoms with Gasteiger partial charge in [-0.1, -0.05) is 38.0 Å². The predicted octanol–water partition coefficient (Wildman–Crippen LogP) is 3.18. The van der Waals surface area contributed by atoms with E-state index in [1.54, 1.807) is 5.56 Å². The van der Waals surface area contributed by atoms with E-state index in [0.717, 1.165) is 13.1 Å². The van der Waals surface area contributed by atoms with Crippen molar-refractivity contribution in [1.82, 2.24) is 10.2 Å². The van der Waals surface area contributed by atoms with Crippen LogP contribution in [-0.2, 0) is 12.8 Å². The molecule has 1 aromatic rings. The van der Waals surface area contributed by atoms with Crippen molar-refractivity contribution in [3.63, 3.8) is 0 Å². The minimum absolute atomic E-state index is 1.15. The average Bonchev–Trinajstić information content (AvgIpc) is 2.49. The van der Waals surface area contributed by atoms with Gasteiger partial charge in [0.15, 0.2) is 0 Å². The number of rotatable bonds is 7. The molecule has 0 radical (unpaired) electrons. The summed E-state index contributed by atoms with van der Waals surface area (Å²) in [4.78, 5) is 2.58. The second-order valence-electron chi connectivity index (χ2n) is 6.06. The minimum atomic E-state index is 1.15. The summed E-state index contributed by atoms with van der Waals surface area (Å²) in [5.41, 5.74) is 4.55. The molecular formula is C18H30N2. The Hall–Kier alpha value is -0.860. The third kappa shape index (κ3) is 4.92. The van der Waals surface area contributed by atoms with Crippen LogP contribution in [0.2, 0.25) is 0 Å². The molecule has 112 valence electrons. The summed E-state index contributed by atoms with van der Waals surface area (Å²) in [6.07, 6.45) is 6.44. The molecule has 20 heavy (non-hydrogen) atoms. The molecule has 0 aliphatic carbocycles. The fourth-order valence-corrected chi connectivity index (χ4v) is 2.94. The molecule has 1 aliphatic heterocycles. The van der Waals surface area contributed by atoms with E-state index in [1.807, 2.05) is 0 Å². The monoisotopic (exact) mass is 274 g/mol. The zero-order valence-electron chi connectivity index (χ0n) is 13.3. The lowest BCUT2D eigenvalue weighted by atomic mass is 9.98. The molecule has 1 heterocycles. The maximum absolute atomic E-state index is 3.42. The summed E-state index contributed by atoms with van der Waals surface area (Å²) < 4.78 is 0. The van der Waals surface area contributed by atoms with Gasteiger partial charge >= 0.3 is 0 Å². The summed E-state index contributed by atoms with van der Waals surface area (Å²) in [6, 6.07) is 7.09. The zero-order chi connectivity index (χ0) is 14.2. The number of hydrogen-bond acceptors (Lipinski definition) is 2. The van der Waals surface area contributed by atoms with Crippen LogP contribution in [0.4, 0.5) is 0 Å². The van der Waals surface area contributed by atoms with Gasteiger partial charge in [0, 0.05) is 32.7 Å². The van der Waals surface area contributed by atoms with Crippen LogP contribution in [0.25, 0.3) is 0 Å². The number of benzene rings is 1. The first-order chi connectivity index (χ1) is 9.79. The fourth-order valence-electron chi connectivity index (χ4n) is 2.94. The van der Waals surface area contributed by atoms with E-state index in [2.05, 4.69) is 42.3 Å². The molecule has 1 fully saturated rings. The molecular weight excluding hydrogens is 244 g/mol. The van der Waals surface area contributed by atoms with Crippen LogP contribution in [0.3, 0.4) is 0 Å². The topological polar surface area (TPSA) is 15.3 Å². The van der Waals surface area contributed by atoms with Gasteiger partial charge in [0.25, 0.3) is 0 Å². The lowest BCUT2D eigenvalue weighted by Crippen LogP contribution is -2.44. The van der Waals surface area contributed by atoms with E-state index in [0.29, 0.717) is 0 Å². The second kappa shape index (κ2) is 8.43. The van der Waals surface area contributed by atoms with Gasteiger partial charge in [0.1, 0.15) is 0 Å². The van der Waals surface area contributed by atoms with Crippen molar-refractivity contribution >= 4 is 0 Å². The summed E-state index contributed by atoms with van der Waals surface area (Å²) in [5.74, 6) is 0. The Morgan fingerprint density at radius 1 is 1.10 bits per heavy atom. The molecule has 0 amide bonds. The smallest absolute Gasteiger partial charge is 0.0108 e. The van der Waals surface area contributed by atoms with E-state index < -0.39 is 0 Å². The molecule has 1 N–H and O–H groups in total. The highest BCUT2D eigenvalue weighted by Crippen LogP contribution is 2.15. The van der Waals surface area contributed by atoms with E-state index in [1.165, 1.54) is 62.9 Å². The maximum atomic E-state index is 3.42. The van der Waals surface area contributed by atoms with Crippen LogP contribution in [0.15, 0.2) is 18.2 Å². The van der Waals surface area contributed by atoms with Crippen LogP contribution in [0, 0.1) is 6.92 Å². The lowest BCUT2D eigenvalue weighted by molar-refractivity contribution is 0.244. The van der Waals surface area contributed by atoms with Gasteiger partial charge in [-0.25, -0.2) is 0 Å². The molecule has 0 bridgehead atoms. The van der Waals surface area contributed by atoms with E-state index in [9.17, 15) is 0 Å². The number of nitrogens with one attached hydrogen (secondary N) is 1. The molecule has 2 nitrogen and oxygen atoms in total. The van der Waals surface area contributed by atoms with Crippen molar-refractivity contribution < 1.29 is 0 Å². The van der Waals surface area contributed by atoms with Gasteiger partial charge in [-0.05, 0) is 42.9 Å². The third-order valence-corrected chi connectivity index (χ3v) is 4.39. The SMILES string of the molecule is CCCCCc1cc(CCN2CCNCC2)ccc1C. The van der Waals surface area contributed by atoms with Crippen molar-refractivity contribution in [2.24, 2.45) is 0 Å². The number of nitrogens with zero attached hydrogens (tertiary/aromatic N) is 1. The summed E-state index contributed by atoms with van der Waals surface area (Å²) in [6.45, 7) is 10.4. The van der Waals surface area contributed by atoms with Crippen LogP contribution in [-0.4, -0.2) is 37.6 Å². The fraction of sp³-hybridized carbons (Fsp3) is 0.667. The molecule has 2 rings (SSSR count). The standard InChI is InChI=1S/C18H30N2/c1-3-4-5-6-18-15-17(8-7-16(18)2)9-12-20-13-10-19-11-14-20/h7-8,15,19H,3-6,9-14H2,1-2H3. The van der Waals surface area contributed by atoms with Crippen molar-refractivity contribution in [3.8, 4) is 0 Å². The normalized spacial score (nSPS) is 16.5. The molecule has 1 saturated heterocycles. The van der Waals surface area contributed by atoms with Gasteiger partial charge in [-0.3, -0.25) is 0 Å². The summed E-state index contributed by atoms with van der Waals surface area (Å²) in [5, 5.41) is 3.42. The second-order valence-corrected chi connectivity index (χ2v) is 6.06. The molecule has 1 aromatic carbocycles. The van der Waals surface area contributed by atoms with Gasteiger partial charge < -0.3 is 10.2 Å². The molecule has 2 heteroatoms. The van der Waals surface area contributed by atoms with Crippen molar-refractivity contribution in [2.75, 3.05) is 32.7 Å². The first-order valence-electron chi connectivity index (χ1n) is 8.31. The van der Waals surface area contributed by atoms with Crippen molar-refractivity contribution in [2.45, 2.75) is 46.0 Å². The highest BCUT2D eigenvalue weighted by Gasteiger charge is 2.09. The van der Waals surface area contributed by atoms with Crippen LogP contribution < -0.4 is 5.32 Å². The van der Waals surface area contributed by atoms with Crippen molar-refractivity contribution in [1.29, 1.82) is 0 Å². The molecule has 1 aliphatic rings. The number of piperazine rings is 1. The Labute approximate surface area is 124 Å². The molecule has 0 unspecified atom stereocenters. The largest absolute Gasteiger partial charge is 0.314 e. The molecule has 0 saturated carbocycles. The Morgan fingerprint density at radius 3 is 2.65 bits per heavy atom. The summed E-state index contributed by atoms with van der Waals surface area (Å²) >= 11 is 0. The maximum Gasteiger partial charge on any atom is 0.0108 e. The van der Waals surface area contributed by atoms with Gasteiger partial charge in [0.2, 0.25) is 0 Å². The van der Waals surface area contributed by atoms with Gasteiger partial charge in [-0.2, -0.15) is 0 Å². The van der Waals surface area contributed by atoms with Gasteiger partial charge in [-0.15, -0.1) is 0 Å². The third-order valence-electron chi connectivity index (χ3n) is 4.39. The number of unbranched alkanes of at least 4 members (excludes halogenated alkanes) is 2. The summed E-state index contributed by atoms with van der Waals surface area (Å²) in [7, 11) is 0. The van der Waals surface area contributed by atoms with Gasteiger partial charge in [0.05, 0.1) is 0 Å². The molecule has 0 spiro atoms. The molecule has 0 aromatic heterocycles. The highest BCUT2D eigenvalue weighted by molar-refractivity contribution is 5.31. The Bertz CT molecular complexity index is 394.